The third kappa shape index (κ3) is 4.35. The number of carbonyl (C=O) groups is 3. The Hall–Kier alpha value is -3.13. The number of rotatable bonds is 5. The minimum Gasteiger partial charge on any atom is -0.459 e. The lowest BCUT2D eigenvalue weighted by Gasteiger charge is -2.37. The first kappa shape index (κ1) is 18.7. The minimum absolute atomic E-state index is 0.133. The predicted molar refractivity (Wildman–Crippen MR) is 99.2 cm³/mol. The SMILES string of the molecule is CC(C(=O)Nc1ccc(C(N)=O)cc1)N1CCN(C(=O)c2ccco2)CC1. The Morgan fingerprint density at radius 1 is 1.07 bits per heavy atom. The lowest BCUT2D eigenvalue weighted by Crippen LogP contribution is -2.54. The van der Waals surface area contributed by atoms with Crippen molar-refractivity contribution in [2.75, 3.05) is 31.5 Å². The molecule has 1 saturated heterocycles. The highest BCUT2D eigenvalue weighted by Gasteiger charge is 2.28. The smallest absolute Gasteiger partial charge is 0.289 e. The molecule has 2 aromatic rings. The molecule has 0 radical (unpaired) electrons. The van der Waals surface area contributed by atoms with E-state index in [1.54, 1.807) is 41.3 Å². The maximum absolute atomic E-state index is 12.5. The third-order valence-corrected chi connectivity index (χ3v) is 4.70. The van der Waals surface area contributed by atoms with Gasteiger partial charge in [-0.25, -0.2) is 0 Å². The van der Waals surface area contributed by atoms with E-state index in [9.17, 15) is 14.4 Å². The first-order valence-corrected chi connectivity index (χ1v) is 8.73. The maximum Gasteiger partial charge on any atom is 0.289 e. The molecule has 1 fully saturated rings. The molecular formula is C19H22N4O4. The summed E-state index contributed by atoms with van der Waals surface area (Å²) in [6.45, 7) is 4.09. The molecule has 0 saturated carbocycles. The van der Waals surface area contributed by atoms with Crippen molar-refractivity contribution in [1.29, 1.82) is 0 Å². The van der Waals surface area contributed by atoms with Crippen LogP contribution in [0.4, 0.5) is 5.69 Å². The van der Waals surface area contributed by atoms with Crippen LogP contribution < -0.4 is 11.1 Å². The Kier molecular flexibility index (Phi) is 5.56. The Morgan fingerprint density at radius 2 is 1.74 bits per heavy atom. The van der Waals surface area contributed by atoms with Crippen LogP contribution in [0.5, 0.6) is 0 Å². The number of anilines is 1. The number of nitrogens with one attached hydrogen (secondary N) is 1. The number of hydrogen-bond donors (Lipinski definition) is 2. The van der Waals surface area contributed by atoms with Crippen LogP contribution in [0.1, 0.15) is 27.8 Å². The van der Waals surface area contributed by atoms with Gasteiger partial charge in [0.05, 0.1) is 12.3 Å². The molecular weight excluding hydrogens is 348 g/mol. The number of furan rings is 1. The molecule has 3 rings (SSSR count). The zero-order valence-electron chi connectivity index (χ0n) is 15.1. The summed E-state index contributed by atoms with van der Waals surface area (Å²) in [5.41, 5.74) is 6.20. The van der Waals surface area contributed by atoms with Crippen LogP contribution in [0.25, 0.3) is 0 Å². The number of benzene rings is 1. The molecule has 1 aromatic carbocycles. The molecule has 142 valence electrons. The second-order valence-electron chi connectivity index (χ2n) is 6.41. The third-order valence-electron chi connectivity index (χ3n) is 4.70. The number of amides is 3. The largest absolute Gasteiger partial charge is 0.459 e. The summed E-state index contributed by atoms with van der Waals surface area (Å²) in [5.74, 6) is -0.462. The minimum atomic E-state index is -0.511. The molecule has 0 aliphatic carbocycles. The van der Waals surface area contributed by atoms with E-state index in [4.69, 9.17) is 10.2 Å². The van der Waals surface area contributed by atoms with Gasteiger partial charge in [0.25, 0.3) is 5.91 Å². The fourth-order valence-electron chi connectivity index (χ4n) is 3.00. The Bertz CT molecular complexity index is 809. The molecule has 1 aliphatic rings. The predicted octanol–water partition coefficient (Wildman–Crippen LogP) is 1.16. The number of nitrogens with two attached hydrogens (primary N) is 1. The average molecular weight is 370 g/mol. The van der Waals surface area contributed by atoms with E-state index in [0.717, 1.165) is 0 Å². The molecule has 0 spiro atoms. The number of carbonyl (C=O) groups excluding carboxylic acids is 3. The van der Waals surface area contributed by atoms with E-state index >= 15 is 0 Å². The van der Waals surface area contributed by atoms with E-state index in [1.165, 1.54) is 6.26 Å². The Morgan fingerprint density at radius 3 is 2.30 bits per heavy atom. The first-order valence-electron chi connectivity index (χ1n) is 8.73. The summed E-state index contributed by atoms with van der Waals surface area (Å²) >= 11 is 0. The zero-order valence-corrected chi connectivity index (χ0v) is 15.1. The highest BCUT2D eigenvalue weighted by atomic mass is 16.3. The zero-order chi connectivity index (χ0) is 19.4. The molecule has 1 atom stereocenters. The Labute approximate surface area is 156 Å². The molecule has 1 unspecified atom stereocenters. The molecule has 2 heterocycles. The van der Waals surface area contributed by atoms with E-state index < -0.39 is 5.91 Å². The van der Waals surface area contributed by atoms with E-state index in [0.29, 0.717) is 43.2 Å². The number of primary amides is 1. The van der Waals surface area contributed by atoms with Gasteiger partial charge >= 0.3 is 0 Å². The fourth-order valence-corrected chi connectivity index (χ4v) is 3.00. The van der Waals surface area contributed by atoms with Crippen LogP contribution in [0.15, 0.2) is 47.1 Å². The number of hydrogen-bond acceptors (Lipinski definition) is 5. The fraction of sp³-hybridized carbons (Fsp3) is 0.316. The molecule has 3 amide bonds. The van der Waals surface area contributed by atoms with Crippen molar-refractivity contribution < 1.29 is 18.8 Å². The highest BCUT2D eigenvalue weighted by Crippen LogP contribution is 2.14. The average Bonchev–Trinajstić information content (AvgIpc) is 3.22. The van der Waals surface area contributed by atoms with Crippen molar-refractivity contribution in [1.82, 2.24) is 9.80 Å². The monoisotopic (exact) mass is 370 g/mol. The summed E-state index contributed by atoms with van der Waals surface area (Å²) in [4.78, 5) is 39.6. The molecule has 27 heavy (non-hydrogen) atoms. The van der Waals surface area contributed by atoms with Gasteiger partial charge < -0.3 is 20.4 Å². The second-order valence-corrected chi connectivity index (χ2v) is 6.41. The molecule has 0 bridgehead atoms. The van der Waals surface area contributed by atoms with Crippen LogP contribution >= 0.6 is 0 Å². The number of piperazine rings is 1. The summed E-state index contributed by atoms with van der Waals surface area (Å²) in [6, 6.07) is 9.42. The van der Waals surface area contributed by atoms with Gasteiger partial charge in [0.15, 0.2) is 5.76 Å². The lowest BCUT2D eigenvalue weighted by atomic mass is 10.1. The lowest BCUT2D eigenvalue weighted by molar-refractivity contribution is -0.121. The molecule has 1 aromatic heterocycles. The number of nitrogens with zero attached hydrogens (tertiary/aromatic N) is 2. The first-order chi connectivity index (χ1) is 13.0. The summed E-state index contributed by atoms with van der Waals surface area (Å²) in [5, 5.41) is 2.83. The van der Waals surface area contributed by atoms with Crippen molar-refractivity contribution in [2.45, 2.75) is 13.0 Å². The van der Waals surface area contributed by atoms with E-state index in [-0.39, 0.29) is 17.9 Å². The Balaban J connectivity index is 1.52. The van der Waals surface area contributed by atoms with Crippen molar-refractivity contribution >= 4 is 23.4 Å². The van der Waals surface area contributed by atoms with Crippen molar-refractivity contribution in [3.8, 4) is 0 Å². The van der Waals surface area contributed by atoms with Crippen LogP contribution in [0, 0.1) is 0 Å². The summed E-state index contributed by atoms with van der Waals surface area (Å²) in [7, 11) is 0. The summed E-state index contributed by atoms with van der Waals surface area (Å²) < 4.78 is 5.15. The van der Waals surface area contributed by atoms with Gasteiger partial charge in [-0.2, -0.15) is 0 Å². The van der Waals surface area contributed by atoms with Crippen LogP contribution in [0.2, 0.25) is 0 Å². The van der Waals surface area contributed by atoms with Crippen LogP contribution in [0.3, 0.4) is 0 Å². The molecule has 8 heteroatoms. The maximum atomic E-state index is 12.5. The normalized spacial score (nSPS) is 16.0. The summed E-state index contributed by atoms with van der Waals surface area (Å²) in [6.07, 6.45) is 1.48. The molecule has 3 N–H and O–H groups in total. The van der Waals surface area contributed by atoms with Crippen molar-refractivity contribution in [3.05, 3.63) is 54.0 Å². The van der Waals surface area contributed by atoms with Gasteiger partial charge in [-0.3, -0.25) is 19.3 Å². The highest BCUT2D eigenvalue weighted by molar-refractivity contribution is 5.96. The molecule has 1 aliphatic heterocycles. The topological polar surface area (TPSA) is 109 Å². The van der Waals surface area contributed by atoms with Crippen LogP contribution in [-0.2, 0) is 4.79 Å². The van der Waals surface area contributed by atoms with E-state index in [2.05, 4.69) is 5.32 Å². The second kappa shape index (κ2) is 8.05. The van der Waals surface area contributed by atoms with Gasteiger partial charge in [0, 0.05) is 37.4 Å². The standard InChI is InChI=1S/C19H22N4O4/c1-13(18(25)21-15-6-4-14(5-7-15)17(20)24)22-8-10-23(11-9-22)19(26)16-3-2-12-27-16/h2-7,12-13H,8-11H2,1H3,(H2,20,24)(H,21,25). The molecule has 8 nitrogen and oxygen atoms in total. The van der Waals surface area contributed by atoms with Crippen LogP contribution in [-0.4, -0.2) is 59.7 Å². The van der Waals surface area contributed by atoms with Gasteiger partial charge in [0.1, 0.15) is 0 Å². The quantitative estimate of drug-likeness (QED) is 0.821. The van der Waals surface area contributed by atoms with Crippen molar-refractivity contribution in [3.63, 3.8) is 0 Å². The van der Waals surface area contributed by atoms with E-state index in [1.807, 2.05) is 11.8 Å². The van der Waals surface area contributed by atoms with Gasteiger partial charge in [-0.05, 0) is 43.3 Å². The van der Waals surface area contributed by atoms with Gasteiger partial charge in [0.2, 0.25) is 11.8 Å². The van der Waals surface area contributed by atoms with Gasteiger partial charge in [-0.1, -0.05) is 0 Å². The van der Waals surface area contributed by atoms with Crippen molar-refractivity contribution in [2.24, 2.45) is 5.73 Å². The van der Waals surface area contributed by atoms with Gasteiger partial charge in [-0.15, -0.1) is 0 Å².